The minimum atomic E-state index is 0. The van der Waals surface area contributed by atoms with Crippen molar-refractivity contribution in [2.45, 2.75) is 6.92 Å². The quantitative estimate of drug-likeness (QED) is 0.556. The van der Waals surface area contributed by atoms with E-state index in [1.54, 1.807) is 24.4 Å². The summed E-state index contributed by atoms with van der Waals surface area (Å²) in [6.45, 7) is 1.82. The SMILES string of the molecule is Cc1nccc(-c2ccc(N)c([NH2+][O-])c2)n1.O. The number of rotatable bonds is 2. The Hall–Kier alpha value is -2.02. The molecule has 90 valence electrons. The van der Waals surface area contributed by atoms with Crippen LogP contribution in [0.15, 0.2) is 30.5 Å². The van der Waals surface area contributed by atoms with Crippen LogP contribution in [0.1, 0.15) is 5.82 Å². The molecule has 0 saturated heterocycles. The molecule has 6 heteroatoms. The van der Waals surface area contributed by atoms with E-state index in [2.05, 4.69) is 9.97 Å². The van der Waals surface area contributed by atoms with Crippen LogP contribution in [0.5, 0.6) is 0 Å². The van der Waals surface area contributed by atoms with Crippen LogP contribution in [0.2, 0.25) is 0 Å². The number of benzene rings is 1. The molecule has 1 aromatic carbocycles. The predicted octanol–water partition coefficient (Wildman–Crippen LogP) is -0.0978. The topological polar surface area (TPSA) is 123 Å². The van der Waals surface area contributed by atoms with Gasteiger partial charge in [0.1, 0.15) is 5.82 Å². The summed E-state index contributed by atoms with van der Waals surface area (Å²) in [5.41, 5.74) is 8.99. The van der Waals surface area contributed by atoms with E-state index < -0.39 is 0 Å². The largest absolute Gasteiger partial charge is 0.630 e. The second kappa shape index (κ2) is 5.35. The fourth-order valence-electron chi connectivity index (χ4n) is 1.45. The highest BCUT2D eigenvalue weighted by Gasteiger charge is 2.05. The first kappa shape index (κ1) is 13.0. The van der Waals surface area contributed by atoms with Crippen molar-refractivity contribution >= 4 is 11.4 Å². The zero-order valence-electron chi connectivity index (χ0n) is 9.34. The van der Waals surface area contributed by atoms with Crippen molar-refractivity contribution in [3.05, 3.63) is 41.5 Å². The molecule has 6 N–H and O–H groups in total. The fourth-order valence-corrected chi connectivity index (χ4v) is 1.45. The fraction of sp³-hybridized carbons (Fsp3) is 0.0909. The van der Waals surface area contributed by atoms with E-state index in [0.717, 1.165) is 16.7 Å². The molecule has 0 aliphatic carbocycles. The molecule has 0 atom stereocenters. The molecular weight excluding hydrogens is 220 g/mol. The summed E-state index contributed by atoms with van der Waals surface area (Å²) in [6.07, 6.45) is 1.69. The van der Waals surface area contributed by atoms with E-state index in [0.29, 0.717) is 17.2 Å². The van der Waals surface area contributed by atoms with Crippen LogP contribution < -0.4 is 11.2 Å². The smallest absolute Gasteiger partial charge is 0.153 e. The van der Waals surface area contributed by atoms with E-state index in [4.69, 9.17) is 5.73 Å². The lowest BCUT2D eigenvalue weighted by molar-refractivity contribution is -0.496. The van der Waals surface area contributed by atoms with Crippen molar-refractivity contribution in [3.63, 3.8) is 0 Å². The highest BCUT2D eigenvalue weighted by Crippen LogP contribution is 2.22. The molecule has 0 saturated carbocycles. The maximum Gasteiger partial charge on any atom is 0.153 e. The Balaban J connectivity index is 0.00000144. The number of aryl methyl sites for hydroxylation is 1. The van der Waals surface area contributed by atoms with Gasteiger partial charge in [-0.2, -0.15) is 0 Å². The van der Waals surface area contributed by atoms with Crippen molar-refractivity contribution < 1.29 is 11.0 Å². The van der Waals surface area contributed by atoms with Crippen LogP contribution >= 0.6 is 0 Å². The number of quaternary nitrogens is 1. The number of nitrogens with zero attached hydrogens (tertiary/aromatic N) is 2. The van der Waals surface area contributed by atoms with Gasteiger partial charge in [0.15, 0.2) is 5.69 Å². The van der Waals surface area contributed by atoms with Gasteiger partial charge in [-0.1, -0.05) is 6.07 Å². The summed E-state index contributed by atoms with van der Waals surface area (Å²) < 4.78 is 0. The average Bonchev–Trinajstić information content (AvgIpc) is 2.29. The Kier molecular flexibility index (Phi) is 4.11. The standard InChI is InChI=1S/C11H12N4O.H2O/c1-7-13-5-4-10(14-7)8-2-3-9(12)11(6-8)15-16;/h2-6H,12,15H2,1H3;1H2. The Bertz CT molecular complexity index is 517. The molecule has 0 spiro atoms. The minimum Gasteiger partial charge on any atom is -0.630 e. The van der Waals surface area contributed by atoms with Gasteiger partial charge < -0.3 is 21.9 Å². The van der Waals surface area contributed by atoms with Crippen LogP contribution in [-0.4, -0.2) is 15.4 Å². The summed E-state index contributed by atoms with van der Waals surface area (Å²) in [5.74, 6) is 0.696. The summed E-state index contributed by atoms with van der Waals surface area (Å²) in [5, 5.41) is 10.8. The van der Waals surface area contributed by atoms with Crippen molar-refractivity contribution in [2.75, 3.05) is 5.73 Å². The van der Waals surface area contributed by atoms with Gasteiger partial charge in [-0.05, 0) is 19.1 Å². The van der Waals surface area contributed by atoms with Gasteiger partial charge in [0, 0.05) is 17.8 Å². The normalized spacial score (nSPS) is 9.76. The predicted molar refractivity (Wildman–Crippen MR) is 65.2 cm³/mol. The lowest BCUT2D eigenvalue weighted by Crippen LogP contribution is -2.70. The monoisotopic (exact) mass is 234 g/mol. The van der Waals surface area contributed by atoms with Crippen LogP contribution in [0.4, 0.5) is 11.4 Å². The Morgan fingerprint density at radius 2 is 2.06 bits per heavy atom. The second-order valence-corrected chi connectivity index (χ2v) is 3.45. The molecule has 1 heterocycles. The molecule has 0 aliphatic rings. The Morgan fingerprint density at radius 1 is 1.29 bits per heavy atom. The van der Waals surface area contributed by atoms with Gasteiger partial charge in [-0.15, -0.1) is 0 Å². The maximum atomic E-state index is 10.8. The summed E-state index contributed by atoms with van der Waals surface area (Å²) in [4.78, 5) is 8.30. The molecule has 2 aromatic rings. The summed E-state index contributed by atoms with van der Waals surface area (Å²) >= 11 is 0. The summed E-state index contributed by atoms with van der Waals surface area (Å²) in [6, 6.07) is 7.07. The number of nitrogens with two attached hydrogens (primary N) is 2. The molecule has 0 radical (unpaired) electrons. The highest BCUT2D eigenvalue weighted by atomic mass is 16.5. The molecule has 0 unspecified atom stereocenters. The van der Waals surface area contributed by atoms with Crippen molar-refractivity contribution in [3.8, 4) is 11.3 Å². The van der Waals surface area contributed by atoms with Crippen molar-refractivity contribution in [2.24, 2.45) is 0 Å². The van der Waals surface area contributed by atoms with Gasteiger partial charge >= 0.3 is 0 Å². The van der Waals surface area contributed by atoms with E-state index in [1.807, 2.05) is 13.0 Å². The maximum absolute atomic E-state index is 10.8. The first-order valence-electron chi connectivity index (χ1n) is 4.85. The molecule has 0 bridgehead atoms. The van der Waals surface area contributed by atoms with Gasteiger partial charge in [-0.3, -0.25) is 0 Å². The third kappa shape index (κ3) is 2.76. The van der Waals surface area contributed by atoms with Crippen molar-refractivity contribution in [1.82, 2.24) is 9.97 Å². The zero-order chi connectivity index (χ0) is 11.5. The third-order valence-corrected chi connectivity index (χ3v) is 2.29. The van der Waals surface area contributed by atoms with Gasteiger partial charge in [0.05, 0.1) is 11.4 Å². The molecule has 0 aliphatic heterocycles. The molecule has 1 aromatic heterocycles. The third-order valence-electron chi connectivity index (χ3n) is 2.29. The van der Waals surface area contributed by atoms with Gasteiger partial charge in [0.2, 0.25) is 0 Å². The molecule has 17 heavy (non-hydrogen) atoms. The minimum absolute atomic E-state index is 0. The Morgan fingerprint density at radius 3 is 2.71 bits per heavy atom. The number of aromatic nitrogens is 2. The van der Waals surface area contributed by atoms with Crippen LogP contribution in [-0.2, 0) is 0 Å². The number of nitrogen functional groups attached to an aromatic ring is 1. The molecule has 6 nitrogen and oxygen atoms in total. The van der Waals surface area contributed by atoms with Crippen molar-refractivity contribution in [1.29, 1.82) is 0 Å². The number of hydrogen-bond acceptors (Lipinski definition) is 4. The van der Waals surface area contributed by atoms with Crippen LogP contribution in [0, 0.1) is 12.1 Å². The number of hydrogen-bond donors (Lipinski definition) is 2. The Labute approximate surface area is 98.4 Å². The van der Waals surface area contributed by atoms with E-state index in [1.165, 1.54) is 0 Å². The second-order valence-electron chi connectivity index (χ2n) is 3.45. The van der Waals surface area contributed by atoms with Crippen LogP contribution in [0.3, 0.4) is 0 Å². The lowest BCUT2D eigenvalue weighted by atomic mass is 10.1. The first-order valence-corrected chi connectivity index (χ1v) is 4.85. The zero-order valence-corrected chi connectivity index (χ0v) is 9.34. The lowest BCUT2D eigenvalue weighted by Gasteiger charge is -2.07. The van der Waals surface area contributed by atoms with Gasteiger partial charge in [0.25, 0.3) is 0 Å². The average molecular weight is 234 g/mol. The molecule has 0 fully saturated rings. The molecular formula is C11H14N4O2. The molecule has 2 rings (SSSR count). The van der Waals surface area contributed by atoms with Gasteiger partial charge in [-0.25, -0.2) is 9.97 Å². The van der Waals surface area contributed by atoms with E-state index in [9.17, 15) is 5.21 Å². The van der Waals surface area contributed by atoms with Crippen LogP contribution in [0.25, 0.3) is 11.3 Å². The van der Waals surface area contributed by atoms with E-state index >= 15 is 0 Å². The number of anilines is 1. The first-order chi connectivity index (χ1) is 7.70. The summed E-state index contributed by atoms with van der Waals surface area (Å²) in [7, 11) is 0. The molecule has 0 amide bonds. The van der Waals surface area contributed by atoms with E-state index in [-0.39, 0.29) is 5.48 Å². The highest BCUT2D eigenvalue weighted by molar-refractivity contribution is 5.69.